The Balaban J connectivity index is 0.00000324. The molecule has 0 aromatic heterocycles. The van der Waals surface area contributed by atoms with Crippen LogP contribution in [0.4, 0.5) is 0 Å². The minimum absolute atomic E-state index is 0. The van der Waals surface area contributed by atoms with Gasteiger partial charge >= 0.3 is 0 Å². The number of β-amino-alcohol motifs (C(OH)–C–C–N with tert-alkyl or cyclic N) is 1. The third-order valence-corrected chi connectivity index (χ3v) is 3.58. The van der Waals surface area contributed by atoms with E-state index in [9.17, 15) is 9.90 Å². The lowest BCUT2D eigenvalue weighted by Crippen LogP contribution is -2.58. The van der Waals surface area contributed by atoms with Crippen LogP contribution < -0.4 is 5.73 Å². The second kappa shape index (κ2) is 8.04. The normalized spacial score (nSPS) is 23.9. The van der Waals surface area contributed by atoms with Crippen molar-refractivity contribution in [1.82, 2.24) is 9.80 Å². The molecular weight excluding hydrogens is 266 g/mol. The lowest BCUT2D eigenvalue weighted by atomic mass is 10.0. The summed E-state index contributed by atoms with van der Waals surface area (Å²) in [6.45, 7) is 10.7. The predicted molar refractivity (Wildman–Crippen MR) is 79.4 cm³/mol. The van der Waals surface area contributed by atoms with E-state index in [0.29, 0.717) is 19.6 Å². The molecule has 0 aromatic rings. The van der Waals surface area contributed by atoms with Crippen molar-refractivity contribution in [2.24, 2.45) is 11.7 Å². The Morgan fingerprint density at radius 3 is 2.37 bits per heavy atom. The third-order valence-electron chi connectivity index (χ3n) is 3.58. The first-order valence-corrected chi connectivity index (χ1v) is 6.79. The van der Waals surface area contributed by atoms with Gasteiger partial charge < -0.3 is 15.7 Å². The fourth-order valence-corrected chi connectivity index (χ4v) is 2.30. The van der Waals surface area contributed by atoms with E-state index in [-0.39, 0.29) is 36.4 Å². The molecule has 1 fully saturated rings. The molecule has 0 aliphatic carbocycles. The average Bonchev–Trinajstić information content (AvgIpc) is 2.29. The van der Waals surface area contributed by atoms with Gasteiger partial charge in [-0.2, -0.15) is 0 Å². The summed E-state index contributed by atoms with van der Waals surface area (Å²) in [6.07, 6.45) is -0.326. The summed E-state index contributed by atoms with van der Waals surface area (Å²) in [7, 11) is 0. The molecule has 19 heavy (non-hydrogen) atoms. The van der Waals surface area contributed by atoms with Gasteiger partial charge in [-0.15, -0.1) is 12.4 Å². The number of nitrogens with two attached hydrogens (primary N) is 1. The van der Waals surface area contributed by atoms with Gasteiger partial charge in [0.2, 0.25) is 5.91 Å². The molecular formula is C13H28ClN3O2. The Labute approximate surface area is 122 Å². The lowest BCUT2D eigenvalue weighted by Gasteiger charge is -2.41. The first-order valence-electron chi connectivity index (χ1n) is 6.79. The Morgan fingerprint density at radius 1 is 1.37 bits per heavy atom. The van der Waals surface area contributed by atoms with Crippen LogP contribution in [-0.4, -0.2) is 65.2 Å². The zero-order valence-electron chi connectivity index (χ0n) is 12.4. The van der Waals surface area contributed by atoms with Gasteiger partial charge in [0.25, 0.3) is 0 Å². The number of aliphatic hydroxyl groups is 1. The molecule has 0 saturated carbocycles. The number of carbonyl (C=O) groups is 1. The molecule has 6 heteroatoms. The fraction of sp³-hybridized carbons (Fsp3) is 0.923. The molecule has 0 radical (unpaired) electrons. The molecule has 3 N–H and O–H groups in total. The summed E-state index contributed by atoms with van der Waals surface area (Å²) in [5.41, 5.74) is 5.91. The molecule has 1 rings (SSSR count). The number of nitrogens with zero attached hydrogens (tertiary/aromatic N) is 2. The number of hydrogen-bond donors (Lipinski definition) is 2. The highest BCUT2D eigenvalue weighted by molar-refractivity contribution is 5.85. The largest absolute Gasteiger partial charge is 0.392 e. The Kier molecular flexibility index (Phi) is 7.89. The molecule has 1 saturated heterocycles. The molecule has 1 aliphatic heterocycles. The Morgan fingerprint density at radius 2 is 1.95 bits per heavy atom. The maximum Gasteiger partial charge on any atom is 0.239 e. The zero-order chi connectivity index (χ0) is 13.9. The molecule has 1 heterocycles. The monoisotopic (exact) mass is 293 g/mol. The summed E-state index contributed by atoms with van der Waals surface area (Å²) in [4.78, 5) is 16.2. The molecule has 1 aliphatic rings. The summed E-state index contributed by atoms with van der Waals surface area (Å²) in [6, 6.07) is -0.128. The van der Waals surface area contributed by atoms with Gasteiger partial charge in [-0.25, -0.2) is 0 Å². The van der Waals surface area contributed by atoms with Crippen LogP contribution in [0.15, 0.2) is 0 Å². The highest BCUT2D eigenvalue weighted by atomic mass is 35.5. The minimum atomic E-state index is -0.402. The van der Waals surface area contributed by atoms with Crippen LogP contribution in [-0.2, 0) is 4.79 Å². The van der Waals surface area contributed by atoms with Crippen molar-refractivity contribution in [3.8, 4) is 0 Å². The summed E-state index contributed by atoms with van der Waals surface area (Å²) in [5, 5.41) is 9.42. The van der Waals surface area contributed by atoms with Crippen molar-refractivity contribution in [2.45, 2.75) is 45.9 Å². The van der Waals surface area contributed by atoms with Crippen molar-refractivity contribution >= 4 is 18.3 Å². The molecule has 2 unspecified atom stereocenters. The Bertz CT molecular complexity index is 287. The quantitative estimate of drug-likeness (QED) is 0.782. The molecule has 5 nitrogen and oxygen atoms in total. The van der Waals surface area contributed by atoms with Crippen molar-refractivity contribution in [3.05, 3.63) is 0 Å². The smallest absolute Gasteiger partial charge is 0.239 e. The van der Waals surface area contributed by atoms with Gasteiger partial charge in [0, 0.05) is 32.2 Å². The van der Waals surface area contributed by atoms with Crippen LogP contribution in [0.5, 0.6) is 0 Å². The van der Waals surface area contributed by atoms with Gasteiger partial charge in [-0.3, -0.25) is 9.69 Å². The maximum absolute atomic E-state index is 12.1. The first kappa shape index (κ1) is 18.6. The van der Waals surface area contributed by atoms with Crippen LogP contribution in [0, 0.1) is 5.92 Å². The van der Waals surface area contributed by atoms with Gasteiger partial charge in [0.1, 0.15) is 0 Å². The standard InChI is InChI=1S/C13H27N3O2.ClH/c1-9(2)12(14)13(18)16-6-5-15(8-11(4)17)10(3)7-16;/h9-12,17H,5-8,14H2,1-4H3;1H/t10?,11?,12-;/m0./s1. The highest BCUT2D eigenvalue weighted by Gasteiger charge is 2.30. The van der Waals surface area contributed by atoms with Crippen molar-refractivity contribution in [2.75, 3.05) is 26.2 Å². The number of aliphatic hydroxyl groups excluding tert-OH is 1. The minimum Gasteiger partial charge on any atom is -0.392 e. The van der Waals surface area contributed by atoms with E-state index in [0.717, 1.165) is 6.54 Å². The van der Waals surface area contributed by atoms with Crippen LogP contribution in [0.2, 0.25) is 0 Å². The summed E-state index contributed by atoms with van der Waals surface area (Å²) >= 11 is 0. The number of rotatable bonds is 4. The molecule has 1 amide bonds. The van der Waals surface area contributed by atoms with E-state index in [2.05, 4.69) is 11.8 Å². The summed E-state index contributed by atoms with van der Waals surface area (Å²) < 4.78 is 0. The van der Waals surface area contributed by atoms with Crippen LogP contribution >= 0.6 is 12.4 Å². The second-order valence-electron chi connectivity index (χ2n) is 5.75. The molecule has 0 spiro atoms. The third kappa shape index (κ3) is 5.26. The van der Waals surface area contributed by atoms with Crippen molar-refractivity contribution in [1.29, 1.82) is 0 Å². The van der Waals surface area contributed by atoms with E-state index in [1.54, 1.807) is 6.92 Å². The number of amides is 1. The van der Waals surface area contributed by atoms with E-state index >= 15 is 0 Å². The van der Waals surface area contributed by atoms with Crippen molar-refractivity contribution < 1.29 is 9.90 Å². The molecule has 0 bridgehead atoms. The topological polar surface area (TPSA) is 69.8 Å². The molecule has 0 aromatic carbocycles. The Hall–Kier alpha value is -0.360. The first-order chi connectivity index (χ1) is 8.32. The number of carbonyl (C=O) groups excluding carboxylic acids is 1. The average molecular weight is 294 g/mol. The van der Waals surface area contributed by atoms with Gasteiger partial charge in [0.15, 0.2) is 0 Å². The number of halogens is 1. The van der Waals surface area contributed by atoms with Crippen LogP contribution in [0.1, 0.15) is 27.7 Å². The zero-order valence-corrected chi connectivity index (χ0v) is 13.2. The highest BCUT2D eigenvalue weighted by Crippen LogP contribution is 2.12. The number of hydrogen-bond acceptors (Lipinski definition) is 4. The number of piperazine rings is 1. The summed E-state index contributed by atoms with van der Waals surface area (Å²) in [5.74, 6) is 0.219. The fourth-order valence-electron chi connectivity index (χ4n) is 2.30. The van der Waals surface area contributed by atoms with E-state index < -0.39 is 6.04 Å². The maximum atomic E-state index is 12.1. The van der Waals surface area contributed by atoms with Gasteiger partial charge in [-0.1, -0.05) is 13.8 Å². The van der Waals surface area contributed by atoms with E-state index in [4.69, 9.17) is 5.73 Å². The lowest BCUT2D eigenvalue weighted by molar-refractivity contribution is -0.136. The second-order valence-corrected chi connectivity index (χ2v) is 5.75. The van der Waals surface area contributed by atoms with Crippen LogP contribution in [0.25, 0.3) is 0 Å². The predicted octanol–water partition coefficient (Wildman–Crippen LogP) is 0.305. The van der Waals surface area contributed by atoms with E-state index in [1.807, 2.05) is 18.7 Å². The SMILES string of the molecule is CC(O)CN1CCN(C(=O)[C@@H](N)C(C)C)CC1C.Cl. The van der Waals surface area contributed by atoms with Gasteiger partial charge in [0.05, 0.1) is 12.1 Å². The van der Waals surface area contributed by atoms with Crippen LogP contribution in [0.3, 0.4) is 0 Å². The molecule has 3 atom stereocenters. The van der Waals surface area contributed by atoms with Crippen molar-refractivity contribution in [3.63, 3.8) is 0 Å². The van der Waals surface area contributed by atoms with Gasteiger partial charge in [-0.05, 0) is 19.8 Å². The molecule has 114 valence electrons. The van der Waals surface area contributed by atoms with E-state index in [1.165, 1.54) is 0 Å².